The van der Waals surface area contributed by atoms with Crippen LogP contribution in [0.1, 0.15) is 25.8 Å². The van der Waals surface area contributed by atoms with Crippen LogP contribution in [0.2, 0.25) is 0 Å². The van der Waals surface area contributed by atoms with Gasteiger partial charge in [0.25, 0.3) is 0 Å². The highest BCUT2D eigenvalue weighted by atomic mass is 79.9. The predicted octanol–water partition coefficient (Wildman–Crippen LogP) is 2.50. The van der Waals surface area contributed by atoms with Crippen LogP contribution < -0.4 is 5.32 Å². The van der Waals surface area contributed by atoms with Gasteiger partial charge in [-0.15, -0.1) is 0 Å². The molecule has 1 aromatic rings. The minimum atomic E-state index is -2.97. The second kappa shape index (κ2) is 5.54. The Morgan fingerprint density at radius 1 is 1.32 bits per heavy atom. The SMILES string of the molecule is CC(C)S(=O)(=O)CCC1(c2ccccc2Br)CNC1. The fourth-order valence-corrected chi connectivity index (χ4v) is 4.25. The molecule has 1 heterocycles. The van der Waals surface area contributed by atoms with Gasteiger partial charge in [-0.25, -0.2) is 8.42 Å². The zero-order valence-electron chi connectivity index (χ0n) is 11.3. The molecule has 1 aromatic carbocycles. The van der Waals surface area contributed by atoms with Crippen LogP contribution in [0.3, 0.4) is 0 Å². The molecule has 1 aliphatic heterocycles. The maximum Gasteiger partial charge on any atom is 0.152 e. The molecular weight excluding hydrogens is 326 g/mol. The van der Waals surface area contributed by atoms with E-state index in [1.165, 1.54) is 5.56 Å². The first-order valence-corrected chi connectivity index (χ1v) is 9.05. The number of halogens is 1. The van der Waals surface area contributed by atoms with Gasteiger partial charge in [0, 0.05) is 23.0 Å². The molecule has 0 aromatic heterocycles. The first-order chi connectivity index (χ1) is 8.87. The van der Waals surface area contributed by atoms with E-state index >= 15 is 0 Å². The third kappa shape index (κ3) is 3.03. The van der Waals surface area contributed by atoms with Gasteiger partial charge in [-0.05, 0) is 31.9 Å². The highest BCUT2D eigenvalue weighted by Crippen LogP contribution is 2.37. The van der Waals surface area contributed by atoms with Crippen LogP contribution in [0.4, 0.5) is 0 Å². The molecule has 2 rings (SSSR count). The summed E-state index contributed by atoms with van der Waals surface area (Å²) < 4.78 is 25.1. The number of rotatable bonds is 5. The molecule has 0 amide bonds. The second-order valence-electron chi connectivity index (χ2n) is 5.53. The molecule has 1 aliphatic rings. The first kappa shape index (κ1) is 15.0. The quantitative estimate of drug-likeness (QED) is 0.891. The van der Waals surface area contributed by atoms with E-state index in [-0.39, 0.29) is 16.4 Å². The van der Waals surface area contributed by atoms with Gasteiger partial charge in [0.15, 0.2) is 9.84 Å². The van der Waals surface area contributed by atoms with Crippen LogP contribution >= 0.6 is 15.9 Å². The van der Waals surface area contributed by atoms with Gasteiger partial charge < -0.3 is 5.32 Å². The normalized spacial score (nSPS) is 18.3. The Labute approximate surface area is 123 Å². The summed E-state index contributed by atoms with van der Waals surface area (Å²) in [7, 11) is -2.97. The number of benzene rings is 1. The van der Waals surface area contributed by atoms with Crippen molar-refractivity contribution >= 4 is 25.8 Å². The molecule has 1 N–H and O–H groups in total. The molecule has 3 nitrogen and oxygen atoms in total. The molecule has 0 aliphatic carbocycles. The van der Waals surface area contributed by atoms with Gasteiger partial charge >= 0.3 is 0 Å². The van der Waals surface area contributed by atoms with E-state index < -0.39 is 9.84 Å². The molecule has 5 heteroatoms. The van der Waals surface area contributed by atoms with E-state index in [1.807, 2.05) is 18.2 Å². The predicted molar refractivity (Wildman–Crippen MR) is 82.2 cm³/mol. The van der Waals surface area contributed by atoms with E-state index in [1.54, 1.807) is 13.8 Å². The van der Waals surface area contributed by atoms with Crippen LogP contribution in [-0.2, 0) is 15.3 Å². The fraction of sp³-hybridized carbons (Fsp3) is 0.571. The van der Waals surface area contributed by atoms with Crippen molar-refractivity contribution in [2.45, 2.75) is 30.9 Å². The summed E-state index contributed by atoms with van der Waals surface area (Å²) in [6.07, 6.45) is 0.684. The molecule has 106 valence electrons. The minimum Gasteiger partial charge on any atom is -0.315 e. The van der Waals surface area contributed by atoms with Gasteiger partial charge in [0.05, 0.1) is 11.0 Å². The lowest BCUT2D eigenvalue weighted by Crippen LogP contribution is -2.57. The zero-order valence-corrected chi connectivity index (χ0v) is 13.7. The van der Waals surface area contributed by atoms with Crippen LogP contribution in [-0.4, -0.2) is 32.5 Å². The molecule has 0 radical (unpaired) electrons. The number of nitrogens with one attached hydrogen (secondary N) is 1. The van der Waals surface area contributed by atoms with E-state index in [2.05, 4.69) is 27.3 Å². The summed E-state index contributed by atoms with van der Waals surface area (Å²) in [5.41, 5.74) is 1.18. The molecule has 0 spiro atoms. The molecule has 0 unspecified atom stereocenters. The van der Waals surface area contributed by atoms with Crippen molar-refractivity contribution in [3.63, 3.8) is 0 Å². The third-order valence-corrected chi connectivity index (χ3v) is 6.86. The maximum absolute atomic E-state index is 12.0. The van der Waals surface area contributed by atoms with Crippen molar-refractivity contribution in [2.24, 2.45) is 0 Å². The van der Waals surface area contributed by atoms with Gasteiger partial charge in [0.2, 0.25) is 0 Å². The summed E-state index contributed by atoms with van der Waals surface area (Å²) in [4.78, 5) is 0. The Morgan fingerprint density at radius 3 is 2.42 bits per heavy atom. The Balaban J connectivity index is 2.19. The third-order valence-electron chi connectivity index (χ3n) is 3.96. The topological polar surface area (TPSA) is 46.2 Å². The van der Waals surface area contributed by atoms with Crippen molar-refractivity contribution < 1.29 is 8.42 Å². The summed E-state index contributed by atoms with van der Waals surface area (Å²) in [6, 6.07) is 8.11. The van der Waals surface area contributed by atoms with Gasteiger partial charge in [-0.3, -0.25) is 0 Å². The Bertz CT molecular complexity index is 550. The summed E-state index contributed by atoms with van der Waals surface area (Å²) >= 11 is 3.58. The second-order valence-corrected chi connectivity index (χ2v) is 9.06. The van der Waals surface area contributed by atoms with Crippen molar-refractivity contribution in [1.29, 1.82) is 0 Å². The van der Waals surface area contributed by atoms with Gasteiger partial charge in [-0.2, -0.15) is 0 Å². The summed E-state index contributed by atoms with van der Waals surface area (Å²) in [5, 5.41) is 2.98. The van der Waals surface area contributed by atoms with Gasteiger partial charge in [0.1, 0.15) is 0 Å². The van der Waals surface area contributed by atoms with Crippen molar-refractivity contribution in [2.75, 3.05) is 18.8 Å². The molecular formula is C14H20BrNO2S. The van der Waals surface area contributed by atoms with E-state index in [4.69, 9.17) is 0 Å². The molecule has 1 saturated heterocycles. The highest BCUT2D eigenvalue weighted by molar-refractivity contribution is 9.10. The first-order valence-electron chi connectivity index (χ1n) is 6.55. The molecule has 0 atom stereocenters. The van der Waals surface area contributed by atoms with Crippen molar-refractivity contribution in [3.05, 3.63) is 34.3 Å². The molecule has 0 bridgehead atoms. The van der Waals surface area contributed by atoms with Crippen LogP contribution in [0.5, 0.6) is 0 Å². The Morgan fingerprint density at radius 2 is 1.95 bits per heavy atom. The number of sulfone groups is 1. The lowest BCUT2D eigenvalue weighted by molar-refractivity contribution is 0.267. The van der Waals surface area contributed by atoms with Crippen LogP contribution in [0.25, 0.3) is 0 Å². The molecule has 19 heavy (non-hydrogen) atoms. The van der Waals surface area contributed by atoms with Gasteiger partial charge in [-0.1, -0.05) is 34.1 Å². The lowest BCUT2D eigenvalue weighted by Gasteiger charge is -2.44. The maximum atomic E-state index is 12.0. The van der Waals surface area contributed by atoms with Crippen LogP contribution in [0, 0.1) is 0 Å². The minimum absolute atomic E-state index is 0.0396. The standard InChI is InChI=1S/C14H20BrNO2S/c1-11(2)19(17,18)8-7-14(9-16-10-14)12-5-3-4-6-13(12)15/h3-6,11,16H,7-10H2,1-2H3. The average Bonchev–Trinajstić information content (AvgIpc) is 2.29. The number of hydrogen-bond acceptors (Lipinski definition) is 3. The Hall–Kier alpha value is -0.390. The van der Waals surface area contributed by atoms with Crippen molar-refractivity contribution in [3.8, 4) is 0 Å². The smallest absolute Gasteiger partial charge is 0.152 e. The summed E-state index contributed by atoms with van der Waals surface area (Å²) in [5.74, 6) is 0.258. The molecule has 0 saturated carbocycles. The molecule has 1 fully saturated rings. The van der Waals surface area contributed by atoms with Crippen LogP contribution in [0.15, 0.2) is 28.7 Å². The van der Waals surface area contributed by atoms with E-state index in [9.17, 15) is 8.42 Å². The zero-order chi connectivity index (χ0) is 14.1. The van der Waals surface area contributed by atoms with E-state index in [0.717, 1.165) is 17.6 Å². The summed E-state index contributed by atoms with van der Waals surface area (Å²) in [6.45, 7) is 5.20. The average molecular weight is 346 g/mol. The van der Waals surface area contributed by atoms with Crippen molar-refractivity contribution in [1.82, 2.24) is 5.32 Å². The number of hydrogen-bond donors (Lipinski definition) is 1. The largest absolute Gasteiger partial charge is 0.315 e. The monoisotopic (exact) mass is 345 g/mol. The Kier molecular flexibility index (Phi) is 4.38. The fourth-order valence-electron chi connectivity index (χ4n) is 2.39. The van der Waals surface area contributed by atoms with E-state index in [0.29, 0.717) is 6.42 Å². The lowest BCUT2D eigenvalue weighted by atomic mass is 9.73. The highest BCUT2D eigenvalue weighted by Gasteiger charge is 2.40.